The first-order valence-corrected chi connectivity index (χ1v) is 8.97. The van der Waals surface area contributed by atoms with Crippen molar-refractivity contribution in [3.05, 3.63) is 41.7 Å². The van der Waals surface area contributed by atoms with Crippen LogP contribution >= 0.6 is 0 Å². The van der Waals surface area contributed by atoms with Crippen LogP contribution in [0.4, 0.5) is 5.69 Å². The number of aromatic amines is 1. The number of carbonyl (C=O) groups excluding carboxylic acids is 2. The Labute approximate surface area is 151 Å². The molecule has 1 saturated carbocycles. The normalized spacial score (nSPS) is 22.2. The summed E-state index contributed by atoms with van der Waals surface area (Å²) in [6.07, 6.45) is 7.29. The number of carbonyl (C=O) groups is 2. The average molecular weight is 354 g/mol. The largest absolute Gasteiger partial charge is 0.485 e. The SMILES string of the molecule is CN1C(=O)CCc2cc(C(=O)N[C@H]3CCC[C@H]3Oc3cn[nH]c3)ccc21. The maximum atomic E-state index is 12.7. The van der Waals surface area contributed by atoms with Gasteiger partial charge in [0.15, 0.2) is 5.75 Å². The van der Waals surface area contributed by atoms with E-state index in [2.05, 4.69) is 15.5 Å². The van der Waals surface area contributed by atoms with E-state index in [4.69, 9.17) is 4.74 Å². The Balaban J connectivity index is 1.45. The molecule has 1 aliphatic carbocycles. The van der Waals surface area contributed by atoms with E-state index in [1.165, 1.54) is 0 Å². The maximum Gasteiger partial charge on any atom is 0.251 e. The second kappa shape index (κ2) is 6.82. The Bertz CT molecular complexity index is 818. The molecule has 2 atom stereocenters. The van der Waals surface area contributed by atoms with E-state index >= 15 is 0 Å². The van der Waals surface area contributed by atoms with Gasteiger partial charge in [0.05, 0.1) is 18.4 Å². The summed E-state index contributed by atoms with van der Waals surface area (Å²) in [4.78, 5) is 26.2. The summed E-state index contributed by atoms with van der Waals surface area (Å²) in [5, 5.41) is 9.72. The molecular weight excluding hydrogens is 332 g/mol. The Morgan fingerprint density at radius 2 is 2.23 bits per heavy atom. The number of aryl methyl sites for hydroxylation is 1. The number of nitrogens with one attached hydrogen (secondary N) is 2. The van der Waals surface area contributed by atoms with E-state index in [-0.39, 0.29) is 24.0 Å². The lowest BCUT2D eigenvalue weighted by atomic mass is 9.98. The Morgan fingerprint density at radius 3 is 3.04 bits per heavy atom. The van der Waals surface area contributed by atoms with Crippen molar-refractivity contribution in [2.45, 2.75) is 44.2 Å². The molecule has 1 fully saturated rings. The molecule has 0 bridgehead atoms. The highest BCUT2D eigenvalue weighted by Gasteiger charge is 2.31. The van der Waals surface area contributed by atoms with Crippen LogP contribution in [0.2, 0.25) is 0 Å². The predicted molar refractivity (Wildman–Crippen MR) is 96.3 cm³/mol. The summed E-state index contributed by atoms with van der Waals surface area (Å²) in [5.74, 6) is 0.706. The highest BCUT2D eigenvalue weighted by atomic mass is 16.5. The van der Waals surface area contributed by atoms with Gasteiger partial charge in [-0.05, 0) is 49.4 Å². The van der Waals surface area contributed by atoms with Crippen LogP contribution in [0.25, 0.3) is 0 Å². The molecule has 2 aromatic rings. The maximum absolute atomic E-state index is 12.7. The molecular formula is C19H22N4O3. The van der Waals surface area contributed by atoms with E-state index in [1.54, 1.807) is 30.4 Å². The summed E-state index contributed by atoms with van der Waals surface area (Å²) in [6.45, 7) is 0. The number of H-pyrrole nitrogens is 1. The van der Waals surface area contributed by atoms with Crippen molar-refractivity contribution in [1.29, 1.82) is 0 Å². The van der Waals surface area contributed by atoms with Crippen molar-refractivity contribution < 1.29 is 14.3 Å². The Hall–Kier alpha value is -2.83. The third-order valence-electron chi connectivity index (χ3n) is 5.21. The number of aromatic nitrogens is 2. The monoisotopic (exact) mass is 354 g/mol. The summed E-state index contributed by atoms with van der Waals surface area (Å²) in [5.41, 5.74) is 2.55. The lowest BCUT2D eigenvalue weighted by Gasteiger charge is -2.26. The quantitative estimate of drug-likeness (QED) is 0.880. The summed E-state index contributed by atoms with van der Waals surface area (Å²) < 4.78 is 5.93. The lowest BCUT2D eigenvalue weighted by Crippen LogP contribution is -2.42. The molecule has 26 heavy (non-hydrogen) atoms. The van der Waals surface area contributed by atoms with Crippen LogP contribution in [-0.2, 0) is 11.2 Å². The molecule has 0 saturated heterocycles. The first-order chi connectivity index (χ1) is 12.6. The van der Waals surface area contributed by atoms with Crippen molar-refractivity contribution in [2.75, 3.05) is 11.9 Å². The van der Waals surface area contributed by atoms with Crippen LogP contribution in [0, 0.1) is 0 Å². The first-order valence-electron chi connectivity index (χ1n) is 8.97. The highest BCUT2D eigenvalue weighted by Crippen LogP contribution is 2.28. The van der Waals surface area contributed by atoms with Gasteiger partial charge in [0, 0.05) is 24.7 Å². The summed E-state index contributed by atoms with van der Waals surface area (Å²) in [7, 11) is 1.77. The van der Waals surface area contributed by atoms with Crippen LogP contribution in [-0.4, -0.2) is 41.2 Å². The molecule has 0 spiro atoms. The van der Waals surface area contributed by atoms with Gasteiger partial charge in [-0.3, -0.25) is 14.7 Å². The molecule has 1 aromatic carbocycles. The molecule has 7 heteroatoms. The average Bonchev–Trinajstić information content (AvgIpc) is 3.31. The highest BCUT2D eigenvalue weighted by molar-refractivity contribution is 5.99. The van der Waals surface area contributed by atoms with Crippen LogP contribution in [0.15, 0.2) is 30.6 Å². The van der Waals surface area contributed by atoms with Gasteiger partial charge in [0.25, 0.3) is 5.91 Å². The molecule has 1 aliphatic heterocycles. The van der Waals surface area contributed by atoms with Gasteiger partial charge >= 0.3 is 0 Å². The van der Waals surface area contributed by atoms with Gasteiger partial charge < -0.3 is 15.0 Å². The van der Waals surface area contributed by atoms with Crippen LogP contribution in [0.5, 0.6) is 5.75 Å². The minimum absolute atomic E-state index is 0.0160. The number of fused-ring (bicyclic) bond motifs is 1. The van der Waals surface area contributed by atoms with Gasteiger partial charge in [-0.15, -0.1) is 0 Å². The Morgan fingerprint density at radius 1 is 1.35 bits per heavy atom. The van der Waals surface area contributed by atoms with E-state index in [9.17, 15) is 9.59 Å². The van der Waals surface area contributed by atoms with Gasteiger partial charge in [-0.25, -0.2) is 0 Å². The van der Waals surface area contributed by atoms with Gasteiger partial charge in [0.2, 0.25) is 5.91 Å². The minimum Gasteiger partial charge on any atom is -0.485 e. The van der Waals surface area contributed by atoms with Crippen LogP contribution in [0.1, 0.15) is 41.6 Å². The number of rotatable bonds is 4. The molecule has 0 radical (unpaired) electrons. The first kappa shape index (κ1) is 16.6. The standard InChI is InChI=1S/C19H22N4O3/c1-23-16-7-5-13(9-12(16)6-8-18(23)24)19(25)22-15-3-2-4-17(15)26-14-10-20-21-11-14/h5,7,9-11,15,17H,2-4,6,8H2,1H3,(H,20,21)(H,22,25)/t15-,17+/m0/s1. The van der Waals surface area contributed by atoms with Crippen LogP contribution in [0.3, 0.4) is 0 Å². The predicted octanol–water partition coefficient (Wildman–Crippen LogP) is 2.05. The fraction of sp³-hybridized carbons (Fsp3) is 0.421. The molecule has 2 N–H and O–H groups in total. The van der Waals surface area contributed by atoms with Crippen molar-refractivity contribution in [1.82, 2.24) is 15.5 Å². The second-order valence-electron chi connectivity index (χ2n) is 6.90. The number of nitrogens with zero attached hydrogens (tertiary/aromatic N) is 2. The third-order valence-corrected chi connectivity index (χ3v) is 5.21. The van der Waals surface area contributed by atoms with Crippen molar-refractivity contribution in [3.63, 3.8) is 0 Å². The van der Waals surface area contributed by atoms with E-state index in [0.29, 0.717) is 24.2 Å². The fourth-order valence-corrected chi connectivity index (χ4v) is 3.76. The summed E-state index contributed by atoms with van der Waals surface area (Å²) in [6, 6.07) is 5.52. The fourth-order valence-electron chi connectivity index (χ4n) is 3.76. The zero-order chi connectivity index (χ0) is 18.1. The number of anilines is 1. The second-order valence-corrected chi connectivity index (χ2v) is 6.90. The number of hydrogen-bond acceptors (Lipinski definition) is 4. The molecule has 7 nitrogen and oxygen atoms in total. The van der Waals surface area contributed by atoms with Crippen molar-refractivity contribution in [2.24, 2.45) is 0 Å². The number of benzene rings is 1. The van der Waals surface area contributed by atoms with Gasteiger partial charge in [-0.2, -0.15) is 5.10 Å². The van der Waals surface area contributed by atoms with Gasteiger partial charge in [0.1, 0.15) is 6.10 Å². The molecule has 2 heterocycles. The smallest absolute Gasteiger partial charge is 0.251 e. The van der Waals surface area contributed by atoms with E-state index in [1.807, 2.05) is 12.1 Å². The van der Waals surface area contributed by atoms with Gasteiger partial charge in [-0.1, -0.05) is 0 Å². The molecule has 1 aromatic heterocycles. The van der Waals surface area contributed by atoms with E-state index < -0.39 is 0 Å². The Kier molecular flexibility index (Phi) is 4.36. The number of hydrogen-bond donors (Lipinski definition) is 2. The topological polar surface area (TPSA) is 87.3 Å². The molecule has 2 amide bonds. The lowest BCUT2D eigenvalue weighted by molar-refractivity contribution is -0.118. The van der Waals surface area contributed by atoms with E-state index in [0.717, 1.165) is 30.5 Å². The molecule has 2 aliphatic rings. The number of amides is 2. The number of ether oxygens (including phenoxy) is 1. The van der Waals surface area contributed by atoms with Crippen LogP contribution < -0.4 is 15.0 Å². The zero-order valence-corrected chi connectivity index (χ0v) is 14.7. The minimum atomic E-state index is -0.0972. The molecule has 0 unspecified atom stereocenters. The van der Waals surface area contributed by atoms with Crippen molar-refractivity contribution >= 4 is 17.5 Å². The van der Waals surface area contributed by atoms with Crippen molar-refractivity contribution in [3.8, 4) is 5.75 Å². The molecule has 136 valence electrons. The zero-order valence-electron chi connectivity index (χ0n) is 14.7. The third kappa shape index (κ3) is 3.16. The summed E-state index contributed by atoms with van der Waals surface area (Å²) >= 11 is 0. The molecule has 4 rings (SSSR count).